The summed E-state index contributed by atoms with van der Waals surface area (Å²) in [6.07, 6.45) is 5.38. The van der Waals surface area contributed by atoms with Crippen LogP contribution in [0.4, 0.5) is 0 Å². The maximum Gasteiger partial charge on any atom is 0.312 e. The quantitative estimate of drug-likeness (QED) is 0.721. The van der Waals surface area contributed by atoms with Gasteiger partial charge >= 0.3 is 5.97 Å². The fourth-order valence-electron chi connectivity index (χ4n) is 6.55. The van der Waals surface area contributed by atoms with E-state index in [0.29, 0.717) is 18.3 Å². The van der Waals surface area contributed by atoms with E-state index >= 15 is 0 Å². The van der Waals surface area contributed by atoms with E-state index in [-0.39, 0.29) is 42.0 Å². The molecule has 4 saturated carbocycles. The maximum absolute atomic E-state index is 13.1. The van der Waals surface area contributed by atoms with E-state index in [2.05, 4.69) is 5.32 Å². The summed E-state index contributed by atoms with van der Waals surface area (Å²) in [5.41, 5.74) is -0.797. The lowest BCUT2D eigenvalue weighted by Crippen LogP contribution is -2.64. The van der Waals surface area contributed by atoms with Crippen LogP contribution in [0.2, 0.25) is 0 Å². The number of hydrogen-bond acceptors (Lipinski definition) is 4. The molecule has 4 fully saturated rings. The monoisotopic (exact) mass is 378 g/mol. The molecule has 0 heterocycles. The summed E-state index contributed by atoms with van der Waals surface area (Å²) in [7, 11) is 0. The molecule has 6 heteroatoms. The lowest BCUT2D eigenvalue weighted by atomic mass is 9.47. The van der Waals surface area contributed by atoms with Crippen molar-refractivity contribution in [3.8, 4) is 0 Å². The lowest BCUT2D eigenvalue weighted by Gasteiger charge is -2.60. The Morgan fingerprint density at radius 1 is 1.04 bits per heavy atom. The summed E-state index contributed by atoms with van der Waals surface area (Å²) in [6, 6.07) is 0.137. The highest BCUT2D eigenvalue weighted by atomic mass is 16.5. The van der Waals surface area contributed by atoms with Gasteiger partial charge in [-0.3, -0.25) is 14.4 Å². The van der Waals surface area contributed by atoms with Gasteiger partial charge in [0.15, 0.2) is 6.61 Å². The first-order valence-corrected chi connectivity index (χ1v) is 10.3. The normalized spacial score (nSPS) is 34.0. The fraction of sp³-hybridized carbons (Fsp3) is 0.857. The van der Waals surface area contributed by atoms with Gasteiger partial charge in [-0.1, -0.05) is 0 Å². The molecule has 0 aromatic rings. The molecule has 4 rings (SSSR count). The molecule has 27 heavy (non-hydrogen) atoms. The number of carbonyl (C=O) groups is 3. The predicted octanol–water partition coefficient (Wildman–Crippen LogP) is 2.65. The third kappa shape index (κ3) is 3.85. The number of nitrogens with zero attached hydrogens (tertiary/aromatic N) is 1. The molecule has 2 amide bonds. The number of hydrogen-bond donors (Lipinski definition) is 1. The first kappa shape index (κ1) is 20.2. The SMILES string of the molecule is CC(=O)NC12C[C@H]3C[C@@H](C1)CC(C(=O)OCC(=O)N(C(C)C)C(C)C)(C3)C2. The van der Waals surface area contributed by atoms with Gasteiger partial charge in [0.2, 0.25) is 5.91 Å². The van der Waals surface area contributed by atoms with Crippen LogP contribution >= 0.6 is 0 Å². The van der Waals surface area contributed by atoms with E-state index in [1.165, 1.54) is 0 Å². The zero-order valence-corrected chi connectivity index (χ0v) is 17.3. The van der Waals surface area contributed by atoms with Gasteiger partial charge in [-0.05, 0) is 78.1 Å². The first-order valence-electron chi connectivity index (χ1n) is 10.3. The van der Waals surface area contributed by atoms with Crippen LogP contribution in [0.3, 0.4) is 0 Å². The summed E-state index contributed by atoms with van der Waals surface area (Å²) >= 11 is 0. The highest BCUT2D eigenvalue weighted by Gasteiger charge is 2.61. The summed E-state index contributed by atoms with van der Waals surface area (Å²) in [5.74, 6) is 0.510. The standard InChI is InChI=1S/C21H34N2O4/c1-13(2)23(14(3)4)18(25)11-27-19(26)20-7-16-6-17(8-20)10-21(9-16,12-20)22-15(5)24/h13-14,16-17H,6-12H2,1-5H3,(H,22,24)/t16-,17+,20?,21?. The Bertz CT molecular complexity index is 606. The molecule has 4 aliphatic carbocycles. The minimum atomic E-state index is -0.534. The molecular weight excluding hydrogens is 344 g/mol. The van der Waals surface area contributed by atoms with E-state index in [1.807, 2.05) is 27.7 Å². The van der Waals surface area contributed by atoms with E-state index in [9.17, 15) is 14.4 Å². The molecule has 4 aliphatic rings. The Balaban J connectivity index is 1.69. The van der Waals surface area contributed by atoms with Crippen LogP contribution in [-0.4, -0.2) is 46.9 Å². The van der Waals surface area contributed by atoms with Gasteiger partial charge < -0.3 is 15.0 Å². The largest absolute Gasteiger partial charge is 0.455 e. The van der Waals surface area contributed by atoms with Gasteiger partial charge in [-0.15, -0.1) is 0 Å². The Labute approximate surface area is 162 Å². The molecule has 6 nitrogen and oxygen atoms in total. The highest BCUT2D eigenvalue weighted by Crippen LogP contribution is 2.62. The van der Waals surface area contributed by atoms with Crippen molar-refractivity contribution in [2.45, 2.75) is 90.8 Å². The van der Waals surface area contributed by atoms with Gasteiger partial charge in [0.25, 0.3) is 5.91 Å². The van der Waals surface area contributed by atoms with Gasteiger partial charge in [-0.2, -0.15) is 0 Å². The van der Waals surface area contributed by atoms with Gasteiger partial charge in [0, 0.05) is 24.5 Å². The molecule has 4 atom stereocenters. The Kier molecular flexibility index (Phi) is 5.30. The number of nitrogens with one attached hydrogen (secondary N) is 1. The number of ether oxygens (including phenoxy) is 1. The molecular formula is C21H34N2O4. The Morgan fingerprint density at radius 2 is 1.59 bits per heavy atom. The van der Waals surface area contributed by atoms with Crippen LogP contribution < -0.4 is 5.32 Å². The zero-order chi connectivity index (χ0) is 20.0. The molecule has 1 N–H and O–H groups in total. The summed E-state index contributed by atoms with van der Waals surface area (Å²) in [4.78, 5) is 39.1. The third-order valence-corrected chi connectivity index (χ3v) is 6.66. The minimum Gasteiger partial charge on any atom is -0.455 e. The Hall–Kier alpha value is -1.59. The van der Waals surface area contributed by atoms with Crippen molar-refractivity contribution in [1.82, 2.24) is 10.2 Å². The first-order chi connectivity index (χ1) is 12.6. The van der Waals surface area contributed by atoms with Crippen molar-refractivity contribution < 1.29 is 19.1 Å². The van der Waals surface area contributed by atoms with Gasteiger partial charge in [0.1, 0.15) is 0 Å². The van der Waals surface area contributed by atoms with Crippen molar-refractivity contribution in [2.75, 3.05) is 6.61 Å². The second kappa shape index (κ2) is 7.10. The van der Waals surface area contributed by atoms with E-state index in [1.54, 1.807) is 11.8 Å². The number of carbonyl (C=O) groups excluding carboxylic acids is 3. The molecule has 2 unspecified atom stereocenters. The van der Waals surface area contributed by atoms with Crippen molar-refractivity contribution in [3.63, 3.8) is 0 Å². The van der Waals surface area contributed by atoms with Crippen LogP contribution in [0.15, 0.2) is 0 Å². The second-order valence-electron chi connectivity index (χ2n) is 9.77. The van der Waals surface area contributed by atoms with Crippen molar-refractivity contribution in [2.24, 2.45) is 17.3 Å². The summed E-state index contributed by atoms with van der Waals surface area (Å²) in [6.45, 7) is 9.23. The average molecular weight is 379 g/mol. The van der Waals surface area contributed by atoms with E-state index in [0.717, 1.165) is 32.1 Å². The van der Waals surface area contributed by atoms with Crippen molar-refractivity contribution >= 4 is 17.8 Å². The van der Waals surface area contributed by atoms with Crippen LogP contribution in [0.25, 0.3) is 0 Å². The molecule has 0 spiro atoms. The number of esters is 1. The fourth-order valence-corrected chi connectivity index (χ4v) is 6.55. The maximum atomic E-state index is 13.1. The zero-order valence-electron chi connectivity index (χ0n) is 17.3. The van der Waals surface area contributed by atoms with Gasteiger partial charge in [-0.25, -0.2) is 0 Å². The smallest absolute Gasteiger partial charge is 0.312 e. The lowest BCUT2D eigenvalue weighted by molar-refractivity contribution is -0.178. The van der Waals surface area contributed by atoms with Crippen LogP contribution in [0.1, 0.15) is 73.1 Å². The van der Waals surface area contributed by atoms with E-state index in [4.69, 9.17) is 4.74 Å². The molecule has 0 aliphatic heterocycles. The van der Waals surface area contributed by atoms with Crippen molar-refractivity contribution in [1.29, 1.82) is 0 Å². The predicted molar refractivity (Wildman–Crippen MR) is 102 cm³/mol. The highest BCUT2D eigenvalue weighted by molar-refractivity contribution is 5.84. The molecule has 0 saturated heterocycles. The van der Waals surface area contributed by atoms with Gasteiger partial charge in [0.05, 0.1) is 5.41 Å². The minimum absolute atomic E-state index is 0.0276. The average Bonchev–Trinajstić information content (AvgIpc) is 2.49. The number of rotatable bonds is 6. The molecule has 4 bridgehead atoms. The molecule has 0 aromatic heterocycles. The third-order valence-electron chi connectivity index (χ3n) is 6.66. The van der Waals surface area contributed by atoms with E-state index < -0.39 is 5.41 Å². The van der Waals surface area contributed by atoms with Crippen molar-refractivity contribution in [3.05, 3.63) is 0 Å². The molecule has 0 aromatic carbocycles. The topological polar surface area (TPSA) is 75.7 Å². The second-order valence-corrected chi connectivity index (χ2v) is 9.77. The van der Waals surface area contributed by atoms with Crippen LogP contribution in [0.5, 0.6) is 0 Å². The molecule has 0 radical (unpaired) electrons. The Morgan fingerprint density at radius 3 is 2.07 bits per heavy atom. The molecule has 152 valence electrons. The summed E-state index contributed by atoms with van der Waals surface area (Å²) < 4.78 is 5.58. The summed E-state index contributed by atoms with van der Waals surface area (Å²) in [5, 5.41) is 3.16. The number of amides is 2. The van der Waals surface area contributed by atoms with Crippen LogP contribution in [-0.2, 0) is 19.1 Å². The van der Waals surface area contributed by atoms with Crippen LogP contribution in [0, 0.1) is 17.3 Å².